The third kappa shape index (κ3) is 3.38. The normalized spacial score (nSPS) is 27.6. The van der Waals surface area contributed by atoms with Crippen molar-refractivity contribution in [2.24, 2.45) is 17.1 Å². The zero-order valence-corrected chi connectivity index (χ0v) is 12.7. The summed E-state index contributed by atoms with van der Waals surface area (Å²) in [7, 11) is 0. The molecular formula is C17H25F2N. The van der Waals surface area contributed by atoms with E-state index in [9.17, 15) is 8.78 Å². The summed E-state index contributed by atoms with van der Waals surface area (Å²) in [4.78, 5) is 0. The molecule has 0 aliphatic heterocycles. The molecule has 0 radical (unpaired) electrons. The molecule has 3 heteroatoms. The van der Waals surface area contributed by atoms with Crippen LogP contribution in [0.3, 0.4) is 0 Å². The second-order valence-electron chi connectivity index (χ2n) is 7.35. The van der Waals surface area contributed by atoms with Crippen LogP contribution >= 0.6 is 0 Å². The molecule has 0 heterocycles. The Morgan fingerprint density at radius 2 is 1.75 bits per heavy atom. The van der Waals surface area contributed by atoms with Crippen molar-refractivity contribution in [3.8, 4) is 0 Å². The predicted octanol–water partition coefficient (Wildman–Crippen LogP) is 4.44. The zero-order chi connectivity index (χ0) is 15.0. The molecule has 0 saturated heterocycles. The first-order valence-electron chi connectivity index (χ1n) is 7.44. The van der Waals surface area contributed by atoms with Gasteiger partial charge in [-0.05, 0) is 48.3 Å². The molecule has 0 spiro atoms. The molecule has 0 aromatic heterocycles. The molecule has 1 nitrogen and oxygen atoms in total. The van der Waals surface area contributed by atoms with Crippen molar-refractivity contribution < 1.29 is 8.78 Å². The van der Waals surface area contributed by atoms with E-state index in [2.05, 4.69) is 20.8 Å². The monoisotopic (exact) mass is 281 g/mol. The van der Waals surface area contributed by atoms with E-state index < -0.39 is 11.6 Å². The summed E-state index contributed by atoms with van der Waals surface area (Å²) >= 11 is 0. The Labute approximate surface area is 120 Å². The number of hydrogen-bond donors (Lipinski definition) is 1. The van der Waals surface area contributed by atoms with E-state index in [1.54, 1.807) is 0 Å². The van der Waals surface area contributed by atoms with Gasteiger partial charge in [0.2, 0.25) is 0 Å². The van der Waals surface area contributed by atoms with Crippen LogP contribution in [-0.4, -0.2) is 5.54 Å². The third-order valence-electron chi connectivity index (χ3n) is 4.58. The molecule has 1 aromatic carbocycles. The van der Waals surface area contributed by atoms with Crippen molar-refractivity contribution in [3.05, 3.63) is 35.4 Å². The van der Waals surface area contributed by atoms with Gasteiger partial charge in [-0.3, -0.25) is 0 Å². The Bertz CT molecular complexity index is 458. The second kappa shape index (κ2) is 5.44. The van der Waals surface area contributed by atoms with Gasteiger partial charge >= 0.3 is 0 Å². The highest BCUT2D eigenvalue weighted by atomic mass is 19.1. The highest BCUT2D eigenvalue weighted by molar-refractivity contribution is 5.21. The second-order valence-corrected chi connectivity index (χ2v) is 7.35. The Morgan fingerprint density at radius 3 is 2.30 bits per heavy atom. The predicted molar refractivity (Wildman–Crippen MR) is 78.4 cm³/mol. The number of halogens is 2. The van der Waals surface area contributed by atoms with Gasteiger partial charge < -0.3 is 5.73 Å². The van der Waals surface area contributed by atoms with E-state index in [0.717, 1.165) is 25.3 Å². The lowest BCUT2D eigenvalue weighted by atomic mass is 9.61. The van der Waals surface area contributed by atoms with Crippen LogP contribution in [0.4, 0.5) is 8.78 Å². The lowest BCUT2D eigenvalue weighted by Crippen LogP contribution is -2.55. The van der Waals surface area contributed by atoms with Crippen molar-refractivity contribution in [3.63, 3.8) is 0 Å². The summed E-state index contributed by atoms with van der Waals surface area (Å²) in [5, 5.41) is 0. The molecule has 1 aromatic rings. The maximum atomic E-state index is 13.4. The van der Waals surface area contributed by atoms with E-state index in [0.29, 0.717) is 17.9 Å². The summed E-state index contributed by atoms with van der Waals surface area (Å²) in [6.07, 6.45) is 4.85. The molecule has 2 N–H and O–H groups in total. The molecule has 2 atom stereocenters. The fourth-order valence-corrected chi connectivity index (χ4v) is 3.86. The highest BCUT2D eigenvalue weighted by Gasteiger charge is 2.43. The molecule has 20 heavy (non-hydrogen) atoms. The van der Waals surface area contributed by atoms with Gasteiger partial charge in [0.15, 0.2) is 0 Å². The van der Waals surface area contributed by atoms with Crippen LogP contribution in [0.15, 0.2) is 18.2 Å². The van der Waals surface area contributed by atoms with E-state index >= 15 is 0 Å². The van der Waals surface area contributed by atoms with Gasteiger partial charge in [0.25, 0.3) is 0 Å². The van der Waals surface area contributed by atoms with E-state index in [1.165, 1.54) is 18.6 Å². The molecule has 0 bridgehead atoms. The van der Waals surface area contributed by atoms with Crippen molar-refractivity contribution >= 4 is 0 Å². The first-order chi connectivity index (χ1) is 9.21. The molecule has 2 unspecified atom stereocenters. The fourth-order valence-electron chi connectivity index (χ4n) is 3.86. The SMILES string of the molecule is CC(C)(C)C1CCCCC1(N)Cc1cc(F)cc(F)c1. The minimum absolute atomic E-state index is 0.112. The maximum absolute atomic E-state index is 13.4. The van der Waals surface area contributed by atoms with Crippen molar-refractivity contribution in [2.45, 2.75) is 58.4 Å². The average Bonchev–Trinajstić information content (AvgIpc) is 2.25. The van der Waals surface area contributed by atoms with E-state index in [1.807, 2.05) is 0 Å². The topological polar surface area (TPSA) is 26.0 Å². The van der Waals surface area contributed by atoms with E-state index in [4.69, 9.17) is 5.73 Å². The number of rotatable bonds is 2. The first-order valence-corrected chi connectivity index (χ1v) is 7.44. The van der Waals surface area contributed by atoms with Crippen LogP contribution in [0.1, 0.15) is 52.0 Å². The van der Waals surface area contributed by atoms with Gasteiger partial charge in [-0.15, -0.1) is 0 Å². The molecule has 2 rings (SSSR count). The summed E-state index contributed by atoms with van der Waals surface area (Å²) in [6.45, 7) is 6.62. The molecule has 0 amide bonds. The van der Waals surface area contributed by atoms with Gasteiger partial charge in [-0.1, -0.05) is 33.6 Å². The van der Waals surface area contributed by atoms with Gasteiger partial charge in [-0.25, -0.2) is 8.78 Å². The van der Waals surface area contributed by atoms with Crippen LogP contribution in [0.2, 0.25) is 0 Å². The molecule has 1 fully saturated rings. The number of hydrogen-bond acceptors (Lipinski definition) is 1. The van der Waals surface area contributed by atoms with Gasteiger partial charge in [0.1, 0.15) is 11.6 Å². The maximum Gasteiger partial charge on any atom is 0.126 e. The van der Waals surface area contributed by atoms with Crippen LogP contribution in [0.25, 0.3) is 0 Å². The Kier molecular flexibility index (Phi) is 4.19. The molecular weight excluding hydrogens is 256 g/mol. The quantitative estimate of drug-likeness (QED) is 0.852. The van der Waals surface area contributed by atoms with Crippen LogP contribution in [0.5, 0.6) is 0 Å². The minimum atomic E-state index is -0.522. The van der Waals surface area contributed by atoms with Crippen LogP contribution in [-0.2, 0) is 6.42 Å². The van der Waals surface area contributed by atoms with Crippen LogP contribution < -0.4 is 5.73 Å². The van der Waals surface area contributed by atoms with Gasteiger partial charge in [0, 0.05) is 11.6 Å². The standard InChI is InChI=1S/C17H25F2N/c1-16(2,3)15-6-4-5-7-17(15,20)11-12-8-13(18)10-14(19)9-12/h8-10,15H,4-7,11,20H2,1-3H3. The summed E-state index contributed by atoms with van der Waals surface area (Å²) < 4.78 is 26.7. The summed E-state index contributed by atoms with van der Waals surface area (Å²) in [5.74, 6) is -0.673. The Balaban J connectivity index is 2.27. The Hall–Kier alpha value is -0.960. The van der Waals surface area contributed by atoms with Crippen LogP contribution in [0, 0.1) is 23.0 Å². The molecule has 1 aliphatic rings. The van der Waals surface area contributed by atoms with Gasteiger partial charge in [0.05, 0.1) is 0 Å². The highest BCUT2D eigenvalue weighted by Crippen LogP contribution is 2.44. The van der Waals surface area contributed by atoms with Crippen molar-refractivity contribution in [2.75, 3.05) is 0 Å². The van der Waals surface area contributed by atoms with Crippen molar-refractivity contribution in [1.29, 1.82) is 0 Å². The zero-order valence-electron chi connectivity index (χ0n) is 12.7. The van der Waals surface area contributed by atoms with E-state index in [-0.39, 0.29) is 11.0 Å². The average molecular weight is 281 g/mol. The number of nitrogens with two attached hydrogens (primary N) is 1. The Morgan fingerprint density at radius 1 is 1.15 bits per heavy atom. The lowest BCUT2D eigenvalue weighted by Gasteiger charge is -2.48. The fraction of sp³-hybridized carbons (Fsp3) is 0.647. The minimum Gasteiger partial charge on any atom is -0.325 e. The first kappa shape index (κ1) is 15.4. The summed E-state index contributed by atoms with van der Waals surface area (Å²) in [6, 6.07) is 3.73. The molecule has 112 valence electrons. The lowest BCUT2D eigenvalue weighted by molar-refractivity contribution is 0.0792. The number of benzene rings is 1. The summed E-state index contributed by atoms with van der Waals surface area (Å²) in [5.41, 5.74) is 7.09. The largest absolute Gasteiger partial charge is 0.325 e. The van der Waals surface area contributed by atoms with Crippen molar-refractivity contribution in [1.82, 2.24) is 0 Å². The smallest absolute Gasteiger partial charge is 0.126 e. The molecule has 1 saturated carbocycles. The van der Waals surface area contributed by atoms with Gasteiger partial charge in [-0.2, -0.15) is 0 Å². The third-order valence-corrected chi connectivity index (χ3v) is 4.58. The molecule has 1 aliphatic carbocycles.